The highest BCUT2D eigenvalue weighted by Crippen LogP contribution is 2.19. The number of azo groups is 1. The minimum Gasteiger partial charge on any atom is -0.0564 e. The van der Waals surface area contributed by atoms with Crippen molar-refractivity contribution < 1.29 is 4.81 Å². The second kappa shape index (κ2) is 2.92. The topological polar surface area (TPSA) is 40.1 Å². The maximum absolute atomic E-state index is 4.36. The Bertz CT molecular complexity index is 222. The first-order chi connectivity index (χ1) is 5.41. The summed E-state index contributed by atoms with van der Waals surface area (Å²) in [5.41, 5.74) is -0.0485. The molecule has 1 aliphatic rings. The van der Waals surface area contributed by atoms with Crippen molar-refractivity contribution in [2.75, 3.05) is 0 Å². The lowest BCUT2D eigenvalue weighted by Gasteiger charge is -2.09. The maximum Gasteiger partial charge on any atom is 0.297 e. The summed E-state index contributed by atoms with van der Waals surface area (Å²) in [5.74, 6) is 0.432. The van der Waals surface area contributed by atoms with Gasteiger partial charge in [0, 0.05) is 5.92 Å². The zero-order valence-corrected chi connectivity index (χ0v) is 8.44. The van der Waals surface area contributed by atoms with E-state index in [9.17, 15) is 0 Å². The summed E-state index contributed by atoms with van der Waals surface area (Å²) < 4.78 is 0. The molecule has 0 fully saturated rings. The van der Waals surface area contributed by atoms with E-state index in [4.69, 9.17) is 0 Å². The Morgan fingerprint density at radius 3 is 2.08 bits per heavy atom. The van der Waals surface area contributed by atoms with Crippen LogP contribution in [0.5, 0.6) is 0 Å². The Hall–Kier alpha value is -0.800. The summed E-state index contributed by atoms with van der Waals surface area (Å²) in [6.45, 7) is 10.4. The van der Waals surface area contributed by atoms with Gasteiger partial charge in [-0.1, -0.05) is 13.8 Å². The normalized spacial score (nSPS) is 23.5. The molecule has 68 valence electrons. The summed E-state index contributed by atoms with van der Waals surface area (Å²) in [5, 5.41) is 12.4. The van der Waals surface area contributed by atoms with E-state index in [1.807, 2.05) is 0 Å². The molecular weight excluding hydrogens is 152 g/mol. The van der Waals surface area contributed by atoms with Crippen LogP contribution in [0.25, 0.3) is 0 Å². The van der Waals surface area contributed by atoms with Gasteiger partial charge in [-0.2, -0.15) is 0 Å². The molecule has 0 saturated carbocycles. The van der Waals surface area contributed by atoms with Crippen LogP contribution in [0.1, 0.15) is 34.6 Å². The Kier molecular flexibility index (Phi) is 2.26. The van der Waals surface area contributed by atoms with Crippen molar-refractivity contribution >= 4 is 0 Å². The summed E-state index contributed by atoms with van der Waals surface area (Å²) in [6.07, 6.45) is 0.0178. The average Bonchev–Trinajstić information content (AvgIpc) is 2.30. The monoisotopic (exact) mass is 169 g/mol. The van der Waals surface area contributed by atoms with Gasteiger partial charge in [-0.3, -0.25) is 0 Å². The minimum absolute atomic E-state index is 0.0178. The average molecular weight is 169 g/mol. The predicted octanol–water partition coefficient (Wildman–Crippen LogP) is 2.61. The summed E-state index contributed by atoms with van der Waals surface area (Å²) in [7, 11) is 0. The highest BCUT2D eigenvalue weighted by Gasteiger charge is 2.33. The number of rotatable bonds is 1. The van der Waals surface area contributed by atoms with Gasteiger partial charge in [0.05, 0.1) is 5.11 Å². The van der Waals surface area contributed by atoms with Crippen LogP contribution in [0.15, 0.2) is 15.5 Å². The zero-order chi connectivity index (χ0) is 9.35. The molecular formula is C8H17N4+. The molecule has 1 unspecified atom stereocenters. The van der Waals surface area contributed by atoms with E-state index in [2.05, 4.69) is 50.1 Å². The van der Waals surface area contributed by atoms with Gasteiger partial charge >= 0.3 is 0 Å². The fraction of sp³-hybridized carbons (Fsp3) is 1.00. The van der Waals surface area contributed by atoms with E-state index in [0.717, 1.165) is 0 Å². The maximum atomic E-state index is 4.36. The molecule has 0 aromatic rings. The van der Waals surface area contributed by atoms with Crippen LogP contribution in [-0.4, -0.2) is 16.5 Å². The molecule has 0 N–H and O–H groups in total. The van der Waals surface area contributed by atoms with Crippen LogP contribution in [0.3, 0.4) is 0 Å². The van der Waals surface area contributed by atoms with Gasteiger partial charge in [0.25, 0.3) is 6.17 Å². The SMILES string of the molecule is CC(C)C1N=N[N+](C(C)(C)C)=N1. The van der Waals surface area contributed by atoms with Crippen molar-refractivity contribution in [2.24, 2.45) is 21.4 Å². The molecule has 1 aliphatic heterocycles. The molecule has 0 amide bonds. The van der Waals surface area contributed by atoms with E-state index < -0.39 is 0 Å². The molecule has 12 heavy (non-hydrogen) atoms. The first kappa shape index (κ1) is 9.29. The quantitative estimate of drug-likeness (QED) is 0.541. The van der Waals surface area contributed by atoms with Gasteiger partial charge < -0.3 is 0 Å². The molecule has 0 aromatic heterocycles. The lowest BCUT2D eigenvalue weighted by molar-refractivity contribution is -0.661. The third-order valence-corrected chi connectivity index (χ3v) is 1.68. The number of hydrogen-bond donors (Lipinski definition) is 0. The standard InChI is InChI=1S/C8H17N4/c1-6(2)7-9-11-12(10-7)8(3,4)5/h6-7H,1-5H3/q+1. The van der Waals surface area contributed by atoms with Crippen molar-refractivity contribution in [3.8, 4) is 0 Å². The highest BCUT2D eigenvalue weighted by molar-refractivity contribution is 4.64. The van der Waals surface area contributed by atoms with Crippen LogP contribution in [0.4, 0.5) is 0 Å². The minimum atomic E-state index is -0.0485. The smallest absolute Gasteiger partial charge is 0.0564 e. The van der Waals surface area contributed by atoms with Crippen molar-refractivity contribution in [2.45, 2.75) is 46.3 Å². The second-order valence-electron chi connectivity index (χ2n) is 4.44. The van der Waals surface area contributed by atoms with Crippen LogP contribution in [0.2, 0.25) is 0 Å². The molecule has 0 aromatic carbocycles. The first-order valence-electron chi connectivity index (χ1n) is 4.33. The van der Waals surface area contributed by atoms with Gasteiger partial charge in [-0.05, 0) is 30.7 Å². The van der Waals surface area contributed by atoms with Crippen LogP contribution in [0, 0.1) is 5.92 Å². The molecule has 0 aliphatic carbocycles. The Labute approximate surface area is 73.4 Å². The summed E-state index contributed by atoms with van der Waals surface area (Å²) >= 11 is 0. The van der Waals surface area contributed by atoms with Gasteiger partial charge in [0.2, 0.25) is 0 Å². The van der Waals surface area contributed by atoms with Crippen LogP contribution in [-0.2, 0) is 0 Å². The molecule has 0 spiro atoms. The van der Waals surface area contributed by atoms with E-state index in [0.29, 0.717) is 5.92 Å². The van der Waals surface area contributed by atoms with Crippen molar-refractivity contribution in [3.05, 3.63) is 0 Å². The van der Waals surface area contributed by atoms with Gasteiger partial charge in [0.15, 0.2) is 5.22 Å². The molecule has 4 heteroatoms. The molecule has 1 heterocycles. The zero-order valence-electron chi connectivity index (χ0n) is 8.44. The van der Waals surface area contributed by atoms with Crippen molar-refractivity contribution in [1.29, 1.82) is 0 Å². The van der Waals surface area contributed by atoms with E-state index in [-0.39, 0.29) is 11.7 Å². The van der Waals surface area contributed by atoms with Gasteiger partial charge in [-0.15, -0.1) is 0 Å². The van der Waals surface area contributed by atoms with Crippen LogP contribution >= 0.6 is 0 Å². The van der Waals surface area contributed by atoms with E-state index in [1.165, 1.54) is 0 Å². The van der Waals surface area contributed by atoms with Gasteiger partial charge in [0.1, 0.15) is 5.54 Å². The van der Waals surface area contributed by atoms with Crippen LogP contribution < -0.4 is 0 Å². The van der Waals surface area contributed by atoms with Gasteiger partial charge in [-0.25, -0.2) is 0 Å². The molecule has 0 saturated heterocycles. The molecule has 1 rings (SSSR count). The molecule has 1 atom stereocenters. The Morgan fingerprint density at radius 2 is 1.83 bits per heavy atom. The number of nitrogens with zero attached hydrogens (tertiary/aromatic N) is 4. The third-order valence-electron chi connectivity index (χ3n) is 1.68. The van der Waals surface area contributed by atoms with E-state index >= 15 is 0 Å². The summed E-state index contributed by atoms with van der Waals surface area (Å²) in [6, 6.07) is 0. The number of hydrogen-bond acceptors (Lipinski definition) is 3. The molecule has 0 radical (unpaired) electrons. The fourth-order valence-electron chi connectivity index (χ4n) is 0.834. The van der Waals surface area contributed by atoms with Crippen molar-refractivity contribution in [3.63, 3.8) is 0 Å². The lowest BCUT2D eigenvalue weighted by Crippen LogP contribution is -2.26. The Morgan fingerprint density at radius 1 is 1.25 bits per heavy atom. The first-order valence-corrected chi connectivity index (χ1v) is 4.33. The van der Waals surface area contributed by atoms with E-state index in [1.54, 1.807) is 4.81 Å². The summed E-state index contributed by atoms with van der Waals surface area (Å²) in [4.78, 5) is 1.69. The van der Waals surface area contributed by atoms with Crippen molar-refractivity contribution in [1.82, 2.24) is 0 Å². The lowest BCUT2D eigenvalue weighted by atomic mass is 10.1. The largest absolute Gasteiger partial charge is 0.297 e. The molecule has 4 nitrogen and oxygen atoms in total. The fourth-order valence-corrected chi connectivity index (χ4v) is 0.834. The predicted molar refractivity (Wildman–Crippen MR) is 45.9 cm³/mol. The Balaban J connectivity index is 2.75. The highest BCUT2D eigenvalue weighted by atomic mass is 15.7. The second-order valence-corrected chi connectivity index (χ2v) is 4.44. The third kappa shape index (κ3) is 1.87. The molecule has 0 bridgehead atoms.